The zero-order valence-corrected chi connectivity index (χ0v) is 19.1. The fraction of sp³-hybridized carbons (Fsp3) is 0.720. The molecule has 1 aromatic carbocycles. The van der Waals surface area contributed by atoms with Crippen molar-refractivity contribution < 1.29 is 14.6 Å². The molecule has 0 unspecified atom stereocenters. The quantitative estimate of drug-likeness (QED) is 0.257. The zero-order chi connectivity index (χ0) is 21.7. The van der Waals surface area contributed by atoms with Crippen LogP contribution in [0.5, 0.6) is 5.75 Å². The van der Waals surface area contributed by atoms with E-state index in [1.54, 1.807) is 0 Å². The molecule has 0 aliphatic heterocycles. The van der Waals surface area contributed by atoms with Crippen molar-refractivity contribution in [1.82, 2.24) is 10.6 Å². The molecular weight excluding hydrogens is 376 g/mol. The molecule has 3 N–H and O–H groups in total. The Kier molecular flexibility index (Phi) is 17.1. The van der Waals surface area contributed by atoms with Gasteiger partial charge in [0, 0.05) is 18.7 Å². The van der Waals surface area contributed by atoms with E-state index < -0.39 is 0 Å². The summed E-state index contributed by atoms with van der Waals surface area (Å²) in [5.74, 6) is 0.818. The molecule has 0 heterocycles. The van der Waals surface area contributed by atoms with E-state index in [0.717, 1.165) is 51.0 Å². The van der Waals surface area contributed by atoms with E-state index in [1.807, 2.05) is 24.3 Å². The van der Waals surface area contributed by atoms with Crippen LogP contribution in [0.2, 0.25) is 0 Å². The van der Waals surface area contributed by atoms with E-state index >= 15 is 0 Å². The van der Waals surface area contributed by atoms with E-state index in [2.05, 4.69) is 17.6 Å². The summed E-state index contributed by atoms with van der Waals surface area (Å²) in [7, 11) is 0. The van der Waals surface area contributed by atoms with E-state index in [-0.39, 0.29) is 12.5 Å². The van der Waals surface area contributed by atoms with Crippen LogP contribution in [-0.4, -0.2) is 43.9 Å². The van der Waals surface area contributed by atoms with Crippen molar-refractivity contribution in [3.8, 4) is 5.75 Å². The standard InChI is InChI=1S/C25H44N2O3/c1-2-3-4-5-6-7-10-13-22-30-24-16-14-23(15-17-24)25(29)27-19-12-9-8-11-18-26-20-21-28/h14-17,26,28H,2-13,18-22H2,1H3,(H,27,29). The summed E-state index contributed by atoms with van der Waals surface area (Å²) in [4.78, 5) is 12.2. The highest BCUT2D eigenvalue weighted by atomic mass is 16.5. The number of unbranched alkanes of at least 4 members (excludes halogenated alkanes) is 10. The van der Waals surface area contributed by atoms with Gasteiger partial charge < -0.3 is 20.5 Å². The Bertz CT molecular complexity index is 520. The smallest absolute Gasteiger partial charge is 0.251 e. The van der Waals surface area contributed by atoms with Gasteiger partial charge in [0.1, 0.15) is 5.75 Å². The first-order valence-corrected chi connectivity index (χ1v) is 12.1. The molecule has 5 nitrogen and oxygen atoms in total. The normalized spacial score (nSPS) is 10.9. The number of nitrogens with one attached hydrogen (secondary N) is 2. The number of hydrogen-bond acceptors (Lipinski definition) is 4. The van der Waals surface area contributed by atoms with Gasteiger partial charge in [-0.3, -0.25) is 4.79 Å². The van der Waals surface area contributed by atoms with Crippen molar-refractivity contribution in [1.29, 1.82) is 0 Å². The summed E-state index contributed by atoms with van der Waals surface area (Å²) in [6.07, 6.45) is 14.7. The van der Waals surface area contributed by atoms with Crippen LogP contribution < -0.4 is 15.4 Å². The van der Waals surface area contributed by atoms with Crippen molar-refractivity contribution in [2.45, 2.75) is 84.0 Å². The zero-order valence-electron chi connectivity index (χ0n) is 19.1. The Morgan fingerprint density at radius 1 is 0.800 bits per heavy atom. The fourth-order valence-corrected chi connectivity index (χ4v) is 3.37. The van der Waals surface area contributed by atoms with Gasteiger partial charge in [0.15, 0.2) is 0 Å². The van der Waals surface area contributed by atoms with Crippen molar-refractivity contribution in [3.05, 3.63) is 29.8 Å². The van der Waals surface area contributed by atoms with E-state index in [4.69, 9.17) is 9.84 Å². The van der Waals surface area contributed by atoms with Crippen LogP contribution in [0.1, 0.15) is 94.3 Å². The molecule has 5 heteroatoms. The molecule has 0 saturated carbocycles. The number of carbonyl (C=O) groups excluding carboxylic acids is 1. The van der Waals surface area contributed by atoms with Crippen LogP contribution in [0.4, 0.5) is 0 Å². The Labute approximate surface area is 184 Å². The van der Waals surface area contributed by atoms with Crippen LogP contribution in [0.3, 0.4) is 0 Å². The molecule has 0 atom stereocenters. The minimum absolute atomic E-state index is 0.0192. The number of carbonyl (C=O) groups is 1. The highest BCUT2D eigenvalue weighted by Gasteiger charge is 2.05. The average molecular weight is 421 g/mol. The first-order chi connectivity index (χ1) is 14.8. The van der Waals surface area contributed by atoms with Gasteiger partial charge in [-0.2, -0.15) is 0 Å². The van der Waals surface area contributed by atoms with E-state index in [1.165, 1.54) is 44.9 Å². The van der Waals surface area contributed by atoms with Crippen LogP contribution in [0.25, 0.3) is 0 Å². The SMILES string of the molecule is CCCCCCCCCCOc1ccc(C(=O)NCCCCCCNCCO)cc1. The van der Waals surface area contributed by atoms with Gasteiger partial charge in [0.2, 0.25) is 0 Å². The van der Waals surface area contributed by atoms with Crippen molar-refractivity contribution in [3.63, 3.8) is 0 Å². The lowest BCUT2D eigenvalue weighted by Crippen LogP contribution is -2.24. The number of amides is 1. The monoisotopic (exact) mass is 420 g/mol. The van der Waals surface area contributed by atoms with Gasteiger partial charge in [-0.05, 0) is 50.1 Å². The highest BCUT2D eigenvalue weighted by Crippen LogP contribution is 2.14. The molecule has 0 aliphatic rings. The number of aliphatic hydroxyl groups excluding tert-OH is 1. The molecule has 0 spiro atoms. The maximum Gasteiger partial charge on any atom is 0.251 e. The van der Waals surface area contributed by atoms with Gasteiger partial charge in [-0.25, -0.2) is 0 Å². The molecule has 0 aliphatic carbocycles. The maximum atomic E-state index is 12.2. The molecule has 0 bridgehead atoms. The second-order valence-electron chi connectivity index (χ2n) is 7.99. The first kappa shape index (κ1) is 26.4. The molecule has 0 fully saturated rings. The summed E-state index contributed by atoms with van der Waals surface area (Å²) in [6, 6.07) is 7.45. The van der Waals surface area contributed by atoms with Crippen molar-refractivity contribution >= 4 is 5.91 Å². The van der Waals surface area contributed by atoms with E-state index in [0.29, 0.717) is 18.7 Å². The first-order valence-electron chi connectivity index (χ1n) is 12.1. The Hall–Kier alpha value is -1.59. The summed E-state index contributed by atoms with van der Waals surface area (Å²) in [5, 5.41) is 14.8. The number of aliphatic hydroxyl groups is 1. The number of hydrogen-bond donors (Lipinski definition) is 3. The Balaban J connectivity index is 2.03. The number of benzene rings is 1. The lowest BCUT2D eigenvalue weighted by molar-refractivity contribution is 0.0953. The molecule has 0 saturated heterocycles. The number of ether oxygens (including phenoxy) is 1. The second kappa shape index (κ2) is 19.4. The lowest BCUT2D eigenvalue weighted by Gasteiger charge is -2.08. The predicted molar refractivity (Wildman–Crippen MR) is 125 cm³/mol. The largest absolute Gasteiger partial charge is 0.494 e. The minimum atomic E-state index is -0.0192. The van der Waals surface area contributed by atoms with Gasteiger partial charge in [0.25, 0.3) is 5.91 Å². The second-order valence-corrected chi connectivity index (χ2v) is 7.99. The molecule has 1 aromatic rings. The van der Waals surface area contributed by atoms with Gasteiger partial charge in [-0.15, -0.1) is 0 Å². The molecule has 1 amide bonds. The van der Waals surface area contributed by atoms with Crippen molar-refractivity contribution in [2.24, 2.45) is 0 Å². The van der Waals surface area contributed by atoms with Gasteiger partial charge >= 0.3 is 0 Å². The summed E-state index contributed by atoms with van der Waals surface area (Å²) < 4.78 is 5.80. The van der Waals surface area contributed by atoms with E-state index in [9.17, 15) is 4.79 Å². The van der Waals surface area contributed by atoms with Crippen LogP contribution in [0, 0.1) is 0 Å². The molecule has 0 aromatic heterocycles. The maximum absolute atomic E-state index is 12.2. The molecule has 1 rings (SSSR count). The van der Waals surface area contributed by atoms with Crippen molar-refractivity contribution in [2.75, 3.05) is 32.8 Å². The third-order valence-electron chi connectivity index (χ3n) is 5.24. The van der Waals surface area contributed by atoms with Gasteiger partial charge in [-0.1, -0.05) is 64.7 Å². The third kappa shape index (κ3) is 14.4. The molecular formula is C25H44N2O3. The summed E-state index contributed by atoms with van der Waals surface area (Å²) in [6.45, 7) is 5.51. The number of rotatable bonds is 20. The Morgan fingerprint density at radius 2 is 1.40 bits per heavy atom. The molecule has 30 heavy (non-hydrogen) atoms. The third-order valence-corrected chi connectivity index (χ3v) is 5.24. The topological polar surface area (TPSA) is 70.6 Å². The molecule has 0 radical (unpaired) electrons. The summed E-state index contributed by atoms with van der Waals surface area (Å²) >= 11 is 0. The fourth-order valence-electron chi connectivity index (χ4n) is 3.37. The minimum Gasteiger partial charge on any atom is -0.494 e. The molecule has 172 valence electrons. The highest BCUT2D eigenvalue weighted by molar-refractivity contribution is 5.94. The lowest BCUT2D eigenvalue weighted by atomic mass is 10.1. The van der Waals surface area contributed by atoms with Crippen LogP contribution in [-0.2, 0) is 0 Å². The van der Waals surface area contributed by atoms with Gasteiger partial charge in [0.05, 0.1) is 13.2 Å². The Morgan fingerprint density at radius 3 is 2.07 bits per heavy atom. The summed E-state index contributed by atoms with van der Waals surface area (Å²) in [5.41, 5.74) is 0.683. The van der Waals surface area contributed by atoms with Crippen LogP contribution in [0.15, 0.2) is 24.3 Å². The van der Waals surface area contributed by atoms with Crippen LogP contribution >= 0.6 is 0 Å². The average Bonchev–Trinajstić information content (AvgIpc) is 2.77. The predicted octanol–water partition coefficient (Wildman–Crippen LogP) is 5.08.